The lowest BCUT2D eigenvalue weighted by molar-refractivity contribution is 1.25. The maximum Gasteiger partial charge on any atom is 0.102 e. The van der Waals surface area contributed by atoms with E-state index >= 15 is 0 Å². The first-order chi connectivity index (χ1) is 10.3. The Morgan fingerprint density at radius 1 is 1.14 bits per heavy atom. The standard InChI is InChI=1S/C19H16N2/c1-3-8-17-16(15-9-6-5-7-10-15)11-12-19(18(17)14-20)21-13-4-2/h3,5-7,9-13,21H,1-2,8H2. The molecule has 0 aliphatic rings. The van der Waals surface area contributed by atoms with Crippen LogP contribution in [0.4, 0.5) is 5.69 Å². The Balaban J connectivity index is 2.65. The molecule has 0 amide bonds. The minimum atomic E-state index is 0.628. The van der Waals surface area contributed by atoms with Gasteiger partial charge in [0, 0.05) is 6.20 Å². The van der Waals surface area contributed by atoms with Gasteiger partial charge in [0.05, 0.1) is 11.3 Å². The molecule has 0 bridgehead atoms. The molecule has 102 valence electrons. The molecule has 0 aliphatic carbocycles. The van der Waals surface area contributed by atoms with Gasteiger partial charge in [0.1, 0.15) is 6.07 Å². The fourth-order valence-electron chi connectivity index (χ4n) is 2.27. The van der Waals surface area contributed by atoms with Crippen LogP contribution in [0.2, 0.25) is 0 Å². The van der Waals surface area contributed by atoms with Crippen molar-refractivity contribution in [3.05, 3.63) is 84.8 Å². The zero-order valence-corrected chi connectivity index (χ0v) is 11.8. The van der Waals surface area contributed by atoms with Crippen molar-refractivity contribution in [3.8, 4) is 17.2 Å². The Hall–Kier alpha value is -3.01. The molecule has 0 saturated heterocycles. The van der Waals surface area contributed by atoms with Crippen LogP contribution in [-0.4, -0.2) is 0 Å². The first-order valence-electron chi connectivity index (χ1n) is 6.65. The average molecular weight is 272 g/mol. The van der Waals surface area contributed by atoms with Crippen molar-refractivity contribution < 1.29 is 0 Å². The minimum absolute atomic E-state index is 0.628. The summed E-state index contributed by atoms with van der Waals surface area (Å²) in [7, 11) is 0. The Bertz CT molecular complexity index is 730. The molecule has 0 heterocycles. The van der Waals surface area contributed by atoms with Crippen LogP contribution in [0.1, 0.15) is 11.1 Å². The number of nitriles is 1. The summed E-state index contributed by atoms with van der Waals surface area (Å²) >= 11 is 0. The van der Waals surface area contributed by atoms with E-state index in [1.807, 2.05) is 48.5 Å². The smallest absolute Gasteiger partial charge is 0.102 e. The van der Waals surface area contributed by atoms with Crippen molar-refractivity contribution in [1.29, 1.82) is 5.26 Å². The monoisotopic (exact) mass is 272 g/mol. The van der Waals surface area contributed by atoms with Crippen LogP contribution in [-0.2, 0) is 6.42 Å². The molecular weight excluding hydrogens is 256 g/mol. The van der Waals surface area contributed by atoms with Crippen LogP contribution in [0, 0.1) is 11.3 Å². The van der Waals surface area contributed by atoms with Gasteiger partial charge in [-0.25, -0.2) is 0 Å². The molecule has 2 aromatic rings. The second-order valence-electron chi connectivity index (χ2n) is 4.48. The molecule has 2 rings (SSSR count). The third-order valence-electron chi connectivity index (χ3n) is 3.19. The number of rotatable bonds is 5. The van der Waals surface area contributed by atoms with Crippen LogP contribution in [0.5, 0.6) is 0 Å². The SMILES string of the molecule is C=C=CNc1ccc(-c2ccccc2)c(CC=C)c1C#N. The highest BCUT2D eigenvalue weighted by Gasteiger charge is 2.13. The average Bonchev–Trinajstić information content (AvgIpc) is 2.54. The number of hydrogen-bond acceptors (Lipinski definition) is 2. The Morgan fingerprint density at radius 3 is 2.52 bits per heavy atom. The number of anilines is 1. The van der Waals surface area contributed by atoms with E-state index in [1.165, 1.54) is 0 Å². The molecule has 2 aromatic carbocycles. The third-order valence-corrected chi connectivity index (χ3v) is 3.19. The largest absolute Gasteiger partial charge is 0.354 e. The first kappa shape index (κ1) is 14.4. The maximum absolute atomic E-state index is 9.52. The molecule has 0 atom stereocenters. The number of benzene rings is 2. The van der Waals surface area contributed by atoms with Crippen LogP contribution in [0.25, 0.3) is 11.1 Å². The molecule has 0 radical (unpaired) electrons. The van der Waals surface area contributed by atoms with Gasteiger partial charge in [-0.3, -0.25) is 0 Å². The van der Waals surface area contributed by atoms with Gasteiger partial charge >= 0.3 is 0 Å². The van der Waals surface area contributed by atoms with E-state index in [2.05, 4.69) is 30.3 Å². The van der Waals surface area contributed by atoms with Crippen molar-refractivity contribution in [2.24, 2.45) is 0 Å². The Morgan fingerprint density at radius 2 is 1.90 bits per heavy atom. The van der Waals surface area contributed by atoms with E-state index in [9.17, 15) is 5.26 Å². The lowest BCUT2D eigenvalue weighted by atomic mass is 9.92. The van der Waals surface area contributed by atoms with E-state index < -0.39 is 0 Å². The zero-order valence-electron chi connectivity index (χ0n) is 11.8. The molecule has 1 N–H and O–H groups in total. The molecule has 21 heavy (non-hydrogen) atoms. The molecule has 0 aromatic heterocycles. The highest BCUT2D eigenvalue weighted by Crippen LogP contribution is 2.31. The summed E-state index contributed by atoms with van der Waals surface area (Å²) in [5, 5.41) is 12.6. The summed E-state index contributed by atoms with van der Waals surface area (Å²) in [6, 6.07) is 16.3. The lowest BCUT2D eigenvalue weighted by Gasteiger charge is -2.14. The maximum atomic E-state index is 9.52. The fraction of sp³-hybridized carbons (Fsp3) is 0.0526. The molecule has 0 fully saturated rings. The Labute approximate surface area is 125 Å². The zero-order chi connectivity index (χ0) is 15.1. The summed E-state index contributed by atoms with van der Waals surface area (Å²) in [6.45, 7) is 7.31. The van der Waals surface area contributed by atoms with Gasteiger partial charge in [0.25, 0.3) is 0 Å². The van der Waals surface area contributed by atoms with Gasteiger partial charge in [-0.1, -0.05) is 49.1 Å². The predicted molar refractivity (Wildman–Crippen MR) is 87.8 cm³/mol. The van der Waals surface area contributed by atoms with E-state index in [0.29, 0.717) is 12.0 Å². The number of allylic oxidation sites excluding steroid dienone is 1. The summed E-state index contributed by atoms with van der Waals surface area (Å²) in [4.78, 5) is 0. The highest BCUT2D eigenvalue weighted by atomic mass is 14.8. The molecule has 0 spiro atoms. The Kier molecular flexibility index (Phi) is 4.77. The van der Waals surface area contributed by atoms with Crippen LogP contribution in [0.15, 0.2) is 73.6 Å². The summed E-state index contributed by atoms with van der Waals surface area (Å²) < 4.78 is 0. The van der Waals surface area contributed by atoms with Crippen molar-refractivity contribution in [1.82, 2.24) is 0 Å². The van der Waals surface area contributed by atoms with Crippen LogP contribution < -0.4 is 5.32 Å². The molecular formula is C19H16N2. The minimum Gasteiger partial charge on any atom is -0.354 e. The predicted octanol–water partition coefficient (Wildman–Crippen LogP) is 4.66. The highest BCUT2D eigenvalue weighted by molar-refractivity contribution is 5.76. The number of nitrogens with zero attached hydrogens (tertiary/aromatic N) is 1. The fourth-order valence-corrected chi connectivity index (χ4v) is 2.27. The lowest BCUT2D eigenvalue weighted by Crippen LogP contribution is -1.99. The normalized spacial score (nSPS) is 9.29. The van der Waals surface area contributed by atoms with E-state index in [1.54, 1.807) is 6.20 Å². The van der Waals surface area contributed by atoms with Crippen molar-refractivity contribution in [3.63, 3.8) is 0 Å². The van der Waals surface area contributed by atoms with Gasteiger partial charge in [-0.15, -0.1) is 12.3 Å². The van der Waals surface area contributed by atoms with Gasteiger partial charge < -0.3 is 5.32 Å². The summed E-state index contributed by atoms with van der Waals surface area (Å²) in [6.07, 6.45) is 4.05. The van der Waals surface area contributed by atoms with Gasteiger partial charge in [0.2, 0.25) is 0 Å². The topological polar surface area (TPSA) is 35.8 Å². The van der Waals surface area contributed by atoms with Gasteiger partial charge in [0.15, 0.2) is 0 Å². The van der Waals surface area contributed by atoms with Crippen LogP contribution >= 0.6 is 0 Å². The van der Waals surface area contributed by atoms with Crippen LogP contribution in [0.3, 0.4) is 0 Å². The second-order valence-corrected chi connectivity index (χ2v) is 4.48. The third kappa shape index (κ3) is 3.12. The molecule has 0 aliphatic heterocycles. The van der Waals surface area contributed by atoms with E-state index in [4.69, 9.17) is 0 Å². The van der Waals surface area contributed by atoms with Gasteiger partial charge in [-0.2, -0.15) is 5.26 Å². The quantitative estimate of drug-likeness (QED) is 0.634. The number of nitrogens with one attached hydrogen (secondary N) is 1. The van der Waals surface area contributed by atoms with Crippen molar-refractivity contribution >= 4 is 5.69 Å². The molecule has 0 unspecified atom stereocenters. The summed E-state index contributed by atoms with van der Waals surface area (Å²) in [5.74, 6) is 0. The van der Waals surface area contributed by atoms with E-state index in [-0.39, 0.29) is 0 Å². The van der Waals surface area contributed by atoms with E-state index in [0.717, 1.165) is 22.4 Å². The molecule has 2 heteroatoms. The number of hydrogen-bond donors (Lipinski definition) is 1. The van der Waals surface area contributed by atoms with Crippen molar-refractivity contribution in [2.45, 2.75) is 6.42 Å². The van der Waals surface area contributed by atoms with Gasteiger partial charge in [-0.05, 0) is 29.2 Å². The first-order valence-corrected chi connectivity index (χ1v) is 6.65. The summed E-state index contributed by atoms with van der Waals surface area (Å²) in [5.41, 5.74) is 7.16. The molecule has 0 saturated carbocycles. The van der Waals surface area contributed by atoms with Crippen molar-refractivity contribution in [2.75, 3.05) is 5.32 Å². The molecule has 2 nitrogen and oxygen atoms in total. The second kappa shape index (κ2) is 6.96.